The Bertz CT molecular complexity index is 691. The van der Waals surface area contributed by atoms with E-state index in [1.54, 1.807) is 6.92 Å². The average Bonchev–Trinajstić information content (AvgIpc) is 3.10. The van der Waals surface area contributed by atoms with Gasteiger partial charge < -0.3 is 4.74 Å². The van der Waals surface area contributed by atoms with Crippen LogP contribution in [0.5, 0.6) is 0 Å². The highest BCUT2D eigenvalue weighted by molar-refractivity contribution is 9.09. The normalized spacial score (nSPS) is 45.8. The lowest BCUT2D eigenvalue weighted by molar-refractivity contribution is -0.169. The standard InChI is InChI=1S/C30H51BrO2/c1-19(2)8-7-9-20(3)25-12-13-26-24-11-10-23-16-28(33-21(4)32)22(18-31)17-30(23,6)27(24)14-15-29(25,26)5/h19-20,22-28H,7-18H2,1-6H3/t20-,22-,23+,24+,25-,26+,27+,28+,29-,30+/m1/s1. The van der Waals surface area contributed by atoms with E-state index >= 15 is 0 Å². The molecular formula is C30H51BrO2. The van der Waals surface area contributed by atoms with Gasteiger partial charge in [0.2, 0.25) is 0 Å². The molecule has 0 amide bonds. The summed E-state index contributed by atoms with van der Waals surface area (Å²) in [5.74, 6) is 6.53. The van der Waals surface area contributed by atoms with Crippen LogP contribution in [0.3, 0.4) is 0 Å². The first-order valence-corrected chi connectivity index (χ1v) is 15.5. The van der Waals surface area contributed by atoms with Crippen LogP contribution in [0.1, 0.15) is 112 Å². The summed E-state index contributed by atoms with van der Waals surface area (Å²) in [7, 11) is 0. The molecule has 0 N–H and O–H groups in total. The number of carbonyl (C=O) groups is 1. The van der Waals surface area contributed by atoms with Crippen molar-refractivity contribution in [3.63, 3.8) is 0 Å². The fourth-order valence-corrected chi connectivity index (χ4v) is 10.6. The Morgan fingerprint density at radius 3 is 2.39 bits per heavy atom. The summed E-state index contributed by atoms with van der Waals surface area (Å²) in [6.07, 6.45) is 15.3. The van der Waals surface area contributed by atoms with Crippen molar-refractivity contribution >= 4 is 21.9 Å². The third kappa shape index (κ3) is 4.84. The van der Waals surface area contributed by atoms with Gasteiger partial charge in [-0.25, -0.2) is 0 Å². The summed E-state index contributed by atoms with van der Waals surface area (Å²) in [5, 5.41) is 0.960. The second kappa shape index (κ2) is 10.1. The van der Waals surface area contributed by atoms with Crippen LogP contribution in [-0.2, 0) is 9.53 Å². The minimum Gasteiger partial charge on any atom is -0.462 e. The molecule has 4 saturated carbocycles. The first-order valence-electron chi connectivity index (χ1n) is 14.3. The molecule has 0 radical (unpaired) electrons. The second-order valence-electron chi connectivity index (χ2n) is 13.7. The highest BCUT2D eigenvalue weighted by atomic mass is 79.9. The largest absolute Gasteiger partial charge is 0.462 e. The Labute approximate surface area is 212 Å². The van der Waals surface area contributed by atoms with Gasteiger partial charge in [-0.05, 0) is 104 Å². The number of carbonyl (C=O) groups excluding carboxylic acids is 1. The van der Waals surface area contributed by atoms with Crippen molar-refractivity contribution in [1.82, 2.24) is 0 Å². The van der Waals surface area contributed by atoms with Gasteiger partial charge in [0, 0.05) is 18.2 Å². The molecule has 4 rings (SSSR count). The number of fused-ring (bicyclic) bond motifs is 5. The van der Waals surface area contributed by atoms with E-state index in [1.165, 1.54) is 64.2 Å². The zero-order valence-corrected chi connectivity index (χ0v) is 24.0. The van der Waals surface area contributed by atoms with Gasteiger partial charge in [0.05, 0.1) is 0 Å². The lowest BCUT2D eigenvalue weighted by Gasteiger charge is -2.62. The predicted molar refractivity (Wildman–Crippen MR) is 141 cm³/mol. The Balaban J connectivity index is 1.47. The van der Waals surface area contributed by atoms with Crippen molar-refractivity contribution in [3.8, 4) is 0 Å². The Kier molecular flexibility index (Phi) is 7.99. The Morgan fingerprint density at radius 1 is 1.00 bits per heavy atom. The van der Waals surface area contributed by atoms with Crippen molar-refractivity contribution in [2.45, 2.75) is 118 Å². The molecule has 3 heteroatoms. The zero-order chi connectivity index (χ0) is 24.0. The summed E-state index contributed by atoms with van der Waals surface area (Å²) in [6, 6.07) is 0. The van der Waals surface area contributed by atoms with Crippen molar-refractivity contribution in [2.24, 2.45) is 58.2 Å². The Morgan fingerprint density at radius 2 is 1.73 bits per heavy atom. The molecule has 0 aliphatic heterocycles. The molecule has 4 aliphatic carbocycles. The quantitative estimate of drug-likeness (QED) is 0.247. The monoisotopic (exact) mass is 522 g/mol. The van der Waals surface area contributed by atoms with Gasteiger partial charge in [-0.3, -0.25) is 4.79 Å². The van der Waals surface area contributed by atoms with E-state index in [2.05, 4.69) is 50.5 Å². The first kappa shape index (κ1) is 26.0. The van der Waals surface area contributed by atoms with E-state index in [1.807, 2.05) is 0 Å². The molecule has 0 saturated heterocycles. The van der Waals surface area contributed by atoms with Crippen molar-refractivity contribution in [2.75, 3.05) is 5.33 Å². The maximum atomic E-state index is 11.7. The fraction of sp³-hybridized carbons (Fsp3) is 0.967. The summed E-state index contributed by atoms with van der Waals surface area (Å²) in [6.45, 7) is 14.2. The van der Waals surface area contributed by atoms with Gasteiger partial charge in [-0.15, -0.1) is 0 Å². The molecule has 0 unspecified atom stereocenters. The van der Waals surface area contributed by atoms with Gasteiger partial charge >= 0.3 is 5.97 Å². The molecular weight excluding hydrogens is 472 g/mol. The predicted octanol–water partition coefficient (Wildman–Crippen LogP) is 8.66. The minimum atomic E-state index is -0.101. The molecule has 0 aromatic carbocycles. The molecule has 0 spiro atoms. The second-order valence-corrected chi connectivity index (χ2v) is 14.3. The van der Waals surface area contributed by atoms with E-state index in [0.29, 0.717) is 16.7 Å². The van der Waals surface area contributed by atoms with Crippen LogP contribution in [-0.4, -0.2) is 17.4 Å². The highest BCUT2D eigenvalue weighted by Gasteiger charge is 2.61. The maximum absolute atomic E-state index is 11.7. The van der Waals surface area contributed by atoms with Gasteiger partial charge in [-0.2, -0.15) is 0 Å². The zero-order valence-electron chi connectivity index (χ0n) is 22.4. The van der Waals surface area contributed by atoms with E-state index in [4.69, 9.17) is 4.74 Å². The minimum absolute atomic E-state index is 0.101. The van der Waals surface area contributed by atoms with Crippen molar-refractivity contribution in [1.29, 1.82) is 0 Å². The fourth-order valence-electron chi connectivity index (χ4n) is 9.95. The summed E-state index contributed by atoms with van der Waals surface area (Å²) in [5.41, 5.74) is 1.01. The Hall–Kier alpha value is -0.0500. The summed E-state index contributed by atoms with van der Waals surface area (Å²) >= 11 is 3.79. The van der Waals surface area contributed by atoms with E-state index in [0.717, 1.165) is 53.2 Å². The number of hydrogen-bond acceptors (Lipinski definition) is 2. The molecule has 4 fully saturated rings. The molecule has 0 aromatic rings. The van der Waals surface area contributed by atoms with Crippen LogP contribution in [0.4, 0.5) is 0 Å². The molecule has 10 atom stereocenters. The number of ether oxygens (including phenoxy) is 1. The number of halogens is 1. The topological polar surface area (TPSA) is 26.3 Å². The van der Waals surface area contributed by atoms with Gasteiger partial charge in [0.25, 0.3) is 0 Å². The van der Waals surface area contributed by atoms with Crippen molar-refractivity contribution in [3.05, 3.63) is 0 Å². The molecule has 4 aliphatic rings. The summed E-state index contributed by atoms with van der Waals surface area (Å²) in [4.78, 5) is 11.7. The van der Waals surface area contributed by atoms with Crippen LogP contribution >= 0.6 is 15.9 Å². The van der Waals surface area contributed by atoms with Gasteiger partial charge in [-0.1, -0.05) is 69.8 Å². The van der Waals surface area contributed by atoms with E-state index in [9.17, 15) is 4.79 Å². The molecule has 0 bridgehead atoms. The number of esters is 1. The van der Waals surface area contributed by atoms with Crippen LogP contribution in [0.15, 0.2) is 0 Å². The summed E-state index contributed by atoms with van der Waals surface area (Å²) < 4.78 is 5.83. The molecule has 0 heterocycles. The van der Waals surface area contributed by atoms with E-state index in [-0.39, 0.29) is 12.1 Å². The number of rotatable bonds is 7. The van der Waals surface area contributed by atoms with E-state index < -0.39 is 0 Å². The first-order chi connectivity index (χ1) is 15.6. The molecule has 33 heavy (non-hydrogen) atoms. The van der Waals surface area contributed by atoms with Crippen LogP contribution < -0.4 is 0 Å². The van der Waals surface area contributed by atoms with Crippen LogP contribution in [0.25, 0.3) is 0 Å². The molecule has 190 valence electrons. The van der Waals surface area contributed by atoms with Gasteiger partial charge in [0.15, 0.2) is 0 Å². The highest BCUT2D eigenvalue weighted by Crippen LogP contribution is 2.69. The van der Waals surface area contributed by atoms with Crippen LogP contribution in [0, 0.1) is 58.2 Å². The average molecular weight is 524 g/mol. The number of alkyl halides is 1. The van der Waals surface area contributed by atoms with Crippen LogP contribution in [0.2, 0.25) is 0 Å². The third-order valence-electron chi connectivity index (χ3n) is 11.5. The maximum Gasteiger partial charge on any atom is 0.302 e. The smallest absolute Gasteiger partial charge is 0.302 e. The molecule has 0 aromatic heterocycles. The van der Waals surface area contributed by atoms with Gasteiger partial charge in [0.1, 0.15) is 6.10 Å². The molecule has 2 nitrogen and oxygen atoms in total. The third-order valence-corrected chi connectivity index (χ3v) is 12.4. The van der Waals surface area contributed by atoms with Crippen molar-refractivity contribution < 1.29 is 9.53 Å². The lowest BCUT2D eigenvalue weighted by Crippen LogP contribution is -2.56. The lowest BCUT2D eigenvalue weighted by atomic mass is 9.43. The number of hydrogen-bond donors (Lipinski definition) is 0. The SMILES string of the molecule is CC(=O)O[C@H]1C[C@@H]2CC[C@@H]3[C@H](CC[C@]4(C)[C@@H]([C@H](C)CCCC(C)C)CC[C@@H]34)[C@@]2(C)C[C@@H]1CBr.